The van der Waals surface area contributed by atoms with Gasteiger partial charge in [0, 0.05) is 12.1 Å². The summed E-state index contributed by atoms with van der Waals surface area (Å²) < 4.78 is 11.3. The van der Waals surface area contributed by atoms with E-state index < -0.39 is 0 Å². The maximum absolute atomic E-state index is 12.8. The number of aryl methyl sites for hydroxylation is 1. The van der Waals surface area contributed by atoms with Crippen LogP contribution in [0.4, 0.5) is 0 Å². The second-order valence-corrected chi connectivity index (χ2v) is 5.72. The molecule has 4 nitrogen and oxygen atoms in total. The van der Waals surface area contributed by atoms with Crippen LogP contribution in [0.25, 0.3) is 0 Å². The molecule has 4 heteroatoms. The van der Waals surface area contributed by atoms with E-state index in [0.29, 0.717) is 13.2 Å². The minimum Gasteiger partial charge on any atom is -0.348 e. The molecule has 3 rings (SSSR count). The van der Waals surface area contributed by atoms with E-state index in [9.17, 15) is 4.79 Å². The van der Waals surface area contributed by atoms with Crippen LogP contribution < -0.4 is 0 Å². The smallest absolute Gasteiger partial charge is 0.254 e. The molecule has 2 saturated heterocycles. The van der Waals surface area contributed by atoms with Gasteiger partial charge in [0.2, 0.25) is 0 Å². The molecule has 1 aromatic carbocycles. The fourth-order valence-corrected chi connectivity index (χ4v) is 3.14. The van der Waals surface area contributed by atoms with E-state index in [-0.39, 0.29) is 18.2 Å². The van der Waals surface area contributed by atoms with Gasteiger partial charge in [0.05, 0.1) is 19.3 Å². The van der Waals surface area contributed by atoms with Crippen molar-refractivity contribution in [2.45, 2.75) is 44.9 Å². The van der Waals surface area contributed by atoms with Crippen LogP contribution >= 0.6 is 0 Å². The van der Waals surface area contributed by atoms with Gasteiger partial charge in [0.15, 0.2) is 6.29 Å². The molecule has 2 aliphatic heterocycles. The molecule has 114 valence electrons. The average Bonchev–Trinajstić information content (AvgIpc) is 3.08. The fourth-order valence-electron chi connectivity index (χ4n) is 3.14. The van der Waals surface area contributed by atoms with Crippen LogP contribution in [0.5, 0.6) is 0 Å². The molecule has 1 aromatic rings. The molecule has 2 aliphatic rings. The van der Waals surface area contributed by atoms with Crippen molar-refractivity contribution in [3.8, 4) is 0 Å². The van der Waals surface area contributed by atoms with Crippen LogP contribution in [0, 0.1) is 0 Å². The van der Waals surface area contributed by atoms with Crippen molar-refractivity contribution in [1.29, 1.82) is 0 Å². The number of ether oxygens (including phenoxy) is 2. The number of amides is 1. The van der Waals surface area contributed by atoms with Crippen LogP contribution in [-0.2, 0) is 15.9 Å². The molecule has 0 aliphatic carbocycles. The summed E-state index contributed by atoms with van der Waals surface area (Å²) in [6.45, 7) is 4.18. The highest BCUT2D eigenvalue weighted by Crippen LogP contribution is 2.26. The second kappa shape index (κ2) is 6.58. The minimum absolute atomic E-state index is 0.0552. The maximum atomic E-state index is 12.8. The van der Waals surface area contributed by atoms with E-state index in [1.807, 2.05) is 29.2 Å². The molecule has 2 fully saturated rings. The first-order valence-electron chi connectivity index (χ1n) is 7.92. The van der Waals surface area contributed by atoms with Crippen molar-refractivity contribution in [3.05, 3.63) is 35.4 Å². The number of nitrogens with zero attached hydrogens (tertiary/aromatic N) is 1. The molecule has 1 amide bonds. The molecule has 1 atom stereocenters. The lowest BCUT2D eigenvalue weighted by atomic mass is 9.99. The van der Waals surface area contributed by atoms with Gasteiger partial charge in [-0.3, -0.25) is 4.79 Å². The van der Waals surface area contributed by atoms with E-state index in [1.165, 1.54) is 5.56 Å². The highest BCUT2D eigenvalue weighted by Gasteiger charge is 2.36. The van der Waals surface area contributed by atoms with Gasteiger partial charge in [0.1, 0.15) is 0 Å². The Balaban J connectivity index is 1.76. The lowest BCUT2D eigenvalue weighted by Crippen LogP contribution is -2.50. The Morgan fingerprint density at radius 2 is 1.90 bits per heavy atom. The lowest BCUT2D eigenvalue weighted by molar-refractivity contribution is -0.100. The molecule has 0 saturated carbocycles. The highest BCUT2D eigenvalue weighted by atomic mass is 16.7. The first-order chi connectivity index (χ1) is 10.3. The number of benzene rings is 1. The summed E-state index contributed by atoms with van der Waals surface area (Å²) in [5.41, 5.74) is 2.02. The number of hydrogen-bond acceptors (Lipinski definition) is 3. The van der Waals surface area contributed by atoms with Crippen LogP contribution in [0.3, 0.4) is 0 Å². The Morgan fingerprint density at radius 1 is 1.19 bits per heavy atom. The van der Waals surface area contributed by atoms with E-state index in [1.54, 1.807) is 0 Å². The third-order valence-corrected chi connectivity index (χ3v) is 4.38. The van der Waals surface area contributed by atoms with E-state index in [0.717, 1.165) is 37.8 Å². The largest absolute Gasteiger partial charge is 0.348 e. The molecule has 0 N–H and O–H groups in total. The van der Waals surface area contributed by atoms with Crippen molar-refractivity contribution in [2.75, 3.05) is 19.8 Å². The number of likely N-dealkylation sites (tertiary alicyclic amines) is 1. The third-order valence-electron chi connectivity index (χ3n) is 4.38. The predicted molar refractivity (Wildman–Crippen MR) is 80.2 cm³/mol. The summed E-state index contributed by atoms with van der Waals surface area (Å²) in [6.07, 6.45) is 3.90. The van der Waals surface area contributed by atoms with Gasteiger partial charge >= 0.3 is 0 Å². The number of carbonyl (C=O) groups is 1. The monoisotopic (exact) mass is 289 g/mol. The number of piperidine rings is 1. The quantitative estimate of drug-likeness (QED) is 0.858. The van der Waals surface area contributed by atoms with Gasteiger partial charge in [-0.25, -0.2) is 0 Å². The Hall–Kier alpha value is -1.39. The van der Waals surface area contributed by atoms with Gasteiger partial charge < -0.3 is 14.4 Å². The first kappa shape index (κ1) is 14.5. The molecule has 2 heterocycles. The van der Waals surface area contributed by atoms with Crippen LogP contribution in [0.15, 0.2) is 24.3 Å². The number of carbonyl (C=O) groups excluding carboxylic acids is 1. The molecule has 0 aromatic heterocycles. The minimum atomic E-state index is -0.246. The molecule has 21 heavy (non-hydrogen) atoms. The second-order valence-electron chi connectivity index (χ2n) is 5.72. The predicted octanol–water partition coefficient (Wildman–Crippen LogP) is 2.62. The average molecular weight is 289 g/mol. The SMILES string of the molecule is CCc1ccc(C(=O)N2CCCC[C@H]2C2OCCO2)cc1. The molecule has 0 bridgehead atoms. The molecule has 0 spiro atoms. The zero-order valence-corrected chi connectivity index (χ0v) is 12.6. The summed E-state index contributed by atoms with van der Waals surface area (Å²) in [5, 5.41) is 0. The van der Waals surface area contributed by atoms with Crippen molar-refractivity contribution in [2.24, 2.45) is 0 Å². The van der Waals surface area contributed by atoms with Gasteiger partial charge in [-0.2, -0.15) is 0 Å². The fraction of sp³-hybridized carbons (Fsp3) is 0.588. The third kappa shape index (κ3) is 3.11. The summed E-state index contributed by atoms with van der Waals surface area (Å²) in [4.78, 5) is 14.7. The zero-order chi connectivity index (χ0) is 14.7. The Morgan fingerprint density at radius 3 is 2.57 bits per heavy atom. The summed E-state index contributed by atoms with van der Waals surface area (Å²) >= 11 is 0. The van der Waals surface area contributed by atoms with E-state index in [2.05, 4.69) is 6.92 Å². The summed E-state index contributed by atoms with van der Waals surface area (Å²) in [5.74, 6) is 0.0986. The molecular formula is C17H23NO3. The van der Waals surface area contributed by atoms with E-state index >= 15 is 0 Å². The number of rotatable bonds is 3. The molecular weight excluding hydrogens is 266 g/mol. The van der Waals surface area contributed by atoms with E-state index in [4.69, 9.17) is 9.47 Å². The van der Waals surface area contributed by atoms with Crippen LogP contribution in [0.1, 0.15) is 42.1 Å². The summed E-state index contributed by atoms with van der Waals surface area (Å²) in [6, 6.07) is 8.00. The first-order valence-corrected chi connectivity index (χ1v) is 7.92. The molecule has 0 unspecified atom stereocenters. The van der Waals surface area contributed by atoms with Crippen LogP contribution in [-0.4, -0.2) is 42.9 Å². The van der Waals surface area contributed by atoms with Gasteiger partial charge in [0.25, 0.3) is 5.91 Å². The van der Waals surface area contributed by atoms with Crippen molar-refractivity contribution in [3.63, 3.8) is 0 Å². The summed E-state index contributed by atoms with van der Waals surface area (Å²) in [7, 11) is 0. The maximum Gasteiger partial charge on any atom is 0.254 e. The standard InChI is InChI=1S/C17H23NO3/c1-2-13-6-8-14(9-7-13)16(19)18-10-4-3-5-15(18)17-20-11-12-21-17/h6-9,15,17H,2-5,10-12H2,1H3/t15-/m0/s1. The van der Waals surface area contributed by atoms with Crippen LogP contribution in [0.2, 0.25) is 0 Å². The van der Waals surface area contributed by atoms with Crippen molar-refractivity contribution < 1.29 is 14.3 Å². The Kier molecular flexibility index (Phi) is 4.56. The Labute approximate surface area is 126 Å². The van der Waals surface area contributed by atoms with Gasteiger partial charge in [-0.15, -0.1) is 0 Å². The normalized spacial score (nSPS) is 23.5. The van der Waals surface area contributed by atoms with Gasteiger partial charge in [-0.1, -0.05) is 19.1 Å². The van der Waals surface area contributed by atoms with Crippen molar-refractivity contribution in [1.82, 2.24) is 4.90 Å². The zero-order valence-electron chi connectivity index (χ0n) is 12.6. The highest BCUT2D eigenvalue weighted by molar-refractivity contribution is 5.94. The number of hydrogen-bond donors (Lipinski definition) is 0. The molecule has 0 radical (unpaired) electrons. The lowest BCUT2D eigenvalue weighted by Gasteiger charge is -2.38. The topological polar surface area (TPSA) is 38.8 Å². The Bertz CT molecular complexity index is 479. The van der Waals surface area contributed by atoms with Crippen molar-refractivity contribution >= 4 is 5.91 Å². The van der Waals surface area contributed by atoms with Gasteiger partial charge in [-0.05, 0) is 43.4 Å².